The maximum absolute atomic E-state index is 5.75. The molecule has 3 rings (SSSR count). The summed E-state index contributed by atoms with van der Waals surface area (Å²) in [5.41, 5.74) is 0.920. The fraction of sp³-hybridized carbons (Fsp3) is 0.467. The van der Waals surface area contributed by atoms with Crippen LogP contribution in [0.5, 0.6) is 5.75 Å². The van der Waals surface area contributed by atoms with Crippen molar-refractivity contribution in [1.29, 1.82) is 0 Å². The van der Waals surface area contributed by atoms with E-state index in [-0.39, 0.29) is 6.10 Å². The van der Waals surface area contributed by atoms with Crippen molar-refractivity contribution in [2.45, 2.75) is 32.3 Å². The van der Waals surface area contributed by atoms with Crippen LogP contribution in [0.4, 0.5) is 0 Å². The Hall–Kier alpha value is -1.88. The van der Waals surface area contributed by atoms with E-state index < -0.39 is 0 Å². The van der Waals surface area contributed by atoms with Gasteiger partial charge in [-0.15, -0.1) is 0 Å². The predicted octanol–water partition coefficient (Wildman–Crippen LogP) is 2.99. The van der Waals surface area contributed by atoms with Gasteiger partial charge >= 0.3 is 0 Å². The van der Waals surface area contributed by atoms with E-state index in [2.05, 4.69) is 10.1 Å². The summed E-state index contributed by atoms with van der Waals surface area (Å²) in [7, 11) is 0. The number of hydrogen-bond donors (Lipinski definition) is 0. The Balaban J connectivity index is 1.58. The van der Waals surface area contributed by atoms with E-state index in [0.29, 0.717) is 18.3 Å². The van der Waals surface area contributed by atoms with E-state index in [0.717, 1.165) is 30.8 Å². The van der Waals surface area contributed by atoms with E-state index in [4.69, 9.17) is 14.0 Å². The van der Waals surface area contributed by atoms with Gasteiger partial charge < -0.3 is 14.0 Å². The van der Waals surface area contributed by atoms with Crippen LogP contribution in [0.1, 0.15) is 25.2 Å². The van der Waals surface area contributed by atoms with Crippen LogP contribution in [0.15, 0.2) is 28.8 Å². The zero-order valence-electron chi connectivity index (χ0n) is 11.5. The monoisotopic (exact) mass is 274 g/mol. The number of aryl methyl sites for hydroxylation is 1. The molecule has 106 valence electrons. The number of nitrogens with zero attached hydrogens (tertiary/aromatic N) is 2. The second-order valence-electron chi connectivity index (χ2n) is 4.96. The van der Waals surface area contributed by atoms with Crippen molar-refractivity contribution >= 4 is 0 Å². The first-order valence-corrected chi connectivity index (χ1v) is 6.96. The Morgan fingerprint density at radius 1 is 1.25 bits per heavy atom. The summed E-state index contributed by atoms with van der Waals surface area (Å²) in [4.78, 5) is 4.19. The summed E-state index contributed by atoms with van der Waals surface area (Å²) in [5.74, 6) is 2.00. The van der Waals surface area contributed by atoms with Crippen molar-refractivity contribution in [3.8, 4) is 17.1 Å². The molecule has 1 fully saturated rings. The first-order valence-electron chi connectivity index (χ1n) is 6.96. The van der Waals surface area contributed by atoms with E-state index >= 15 is 0 Å². The van der Waals surface area contributed by atoms with Crippen LogP contribution in [-0.2, 0) is 4.74 Å². The summed E-state index contributed by atoms with van der Waals surface area (Å²) in [6.45, 7) is 3.24. The average molecular weight is 274 g/mol. The highest BCUT2D eigenvalue weighted by Gasteiger charge is 2.14. The van der Waals surface area contributed by atoms with Gasteiger partial charge in [0, 0.05) is 19.1 Å². The minimum atomic E-state index is 0.225. The molecule has 5 nitrogen and oxygen atoms in total. The van der Waals surface area contributed by atoms with E-state index in [1.807, 2.05) is 24.3 Å². The number of rotatable bonds is 4. The van der Waals surface area contributed by atoms with Gasteiger partial charge in [0.25, 0.3) is 0 Å². The minimum absolute atomic E-state index is 0.225. The number of benzene rings is 1. The molecule has 0 aliphatic carbocycles. The van der Waals surface area contributed by atoms with Crippen molar-refractivity contribution in [3.05, 3.63) is 30.2 Å². The predicted molar refractivity (Wildman–Crippen MR) is 73.6 cm³/mol. The van der Waals surface area contributed by atoms with Gasteiger partial charge in [-0.2, -0.15) is 4.98 Å². The molecule has 0 radical (unpaired) electrons. The summed E-state index contributed by atoms with van der Waals surface area (Å²) >= 11 is 0. The standard InChI is InChI=1S/C15H18N2O3/c1-11-16-15(17-20-11)12-5-7-13(8-6-12)19-10-14-4-2-3-9-18-14/h5-8,14H,2-4,9-10H2,1H3. The van der Waals surface area contributed by atoms with Gasteiger partial charge in [0.1, 0.15) is 12.4 Å². The van der Waals surface area contributed by atoms with Gasteiger partial charge in [0.2, 0.25) is 11.7 Å². The van der Waals surface area contributed by atoms with E-state index in [1.165, 1.54) is 6.42 Å². The fourth-order valence-electron chi connectivity index (χ4n) is 2.24. The first kappa shape index (κ1) is 13.1. The summed E-state index contributed by atoms with van der Waals surface area (Å²) in [5, 5.41) is 3.89. The highest BCUT2D eigenvalue weighted by atomic mass is 16.5. The van der Waals surface area contributed by atoms with Crippen molar-refractivity contribution in [3.63, 3.8) is 0 Å². The highest BCUT2D eigenvalue weighted by molar-refractivity contribution is 5.55. The zero-order chi connectivity index (χ0) is 13.8. The third-order valence-electron chi connectivity index (χ3n) is 3.35. The van der Waals surface area contributed by atoms with Gasteiger partial charge in [0.15, 0.2) is 0 Å². The molecule has 1 saturated heterocycles. The SMILES string of the molecule is Cc1nc(-c2ccc(OCC3CCCCO3)cc2)no1. The van der Waals surface area contributed by atoms with Gasteiger partial charge in [-0.05, 0) is 43.5 Å². The molecule has 1 aromatic carbocycles. The third-order valence-corrected chi connectivity index (χ3v) is 3.35. The van der Waals surface area contributed by atoms with Crippen LogP contribution in [0.2, 0.25) is 0 Å². The molecule has 0 N–H and O–H groups in total. The van der Waals surface area contributed by atoms with Gasteiger partial charge in [-0.1, -0.05) is 5.16 Å². The average Bonchev–Trinajstić information content (AvgIpc) is 2.93. The van der Waals surface area contributed by atoms with Crippen LogP contribution in [0.25, 0.3) is 11.4 Å². The topological polar surface area (TPSA) is 57.4 Å². The molecule has 1 unspecified atom stereocenters. The molecule has 20 heavy (non-hydrogen) atoms. The van der Waals surface area contributed by atoms with Gasteiger partial charge in [0.05, 0.1) is 6.10 Å². The molecule has 2 heterocycles. The minimum Gasteiger partial charge on any atom is -0.491 e. The highest BCUT2D eigenvalue weighted by Crippen LogP contribution is 2.21. The summed E-state index contributed by atoms with van der Waals surface area (Å²) in [6, 6.07) is 7.70. The van der Waals surface area contributed by atoms with Crippen LogP contribution in [0, 0.1) is 6.92 Å². The first-order chi connectivity index (χ1) is 9.81. The summed E-state index contributed by atoms with van der Waals surface area (Å²) in [6.07, 6.45) is 3.70. The van der Waals surface area contributed by atoms with Crippen molar-refractivity contribution in [2.24, 2.45) is 0 Å². The molecular formula is C15H18N2O3. The molecule has 0 bridgehead atoms. The lowest BCUT2D eigenvalue weighted by atomic mass is 10.1. The van der Waals surface area contributed by atoms with E-state index in [9.17, 15) is 0 Å². The Morgan fingerprint density at radius 2 is 2.10 bits per heavy atom. The van der Waals surface area contributed by atoms with E-state index in [1.54, 1.807) is 6.92 Å². The summed E-state index contributed by atoms with van der Waals surface area (Å²) < 4.78 is 16.4. The van der Waals surface area contributed by atoms with Crippen molar-refractivity contribution in [1.82, 2.24) is 10.1 Å². The fourth-order valence-corrected chi connectivity index (χ4v) is 2.24. The molecule has 0 saturated carbocycles. The van der Waals surface area contributed by atoms with Crippen LogP contribution >= 0.6 is 0 Å². The maximum Gasteiger partial charge on any atom is 0.223 e. The molecule has 0 amide bonds. The molecule has 5 heteroatoms. The van der Waals surface area contributed by atoms with Gasteiger partial charge in [-0.25, -0.2) is 0 Å². The largest absolute Gasteiger partial charge is 0.491 e. The molecule has 1 aliphatic rings. The molecule has 1 atom stereocenters. The lowest BCUT2D eigenvalue weighted by molar-refractivity contribution is -0.0110. The molecule has 0 spiro atoms. The second-order valence-corrected chi connectivity index (χ2v) is 4.96. The molecule has 2 aromatic rings. The normalized spacial score (nSPS) is 18.9. The smallest absolute Gasteiger partial charge is 0.223 e. The van der Waals surface area contributed by atoms with Crippen LogP contribution < -0.4 is 4.74 Å². The third kappa shape index (κ3) is 3.17. The molecule has 1 aliphatic heterocycles. The Morgan fingerprint density at radius 3 is 2.75 bits per heavy atom. The number of hydrogen-bond acceptors (Lipinski definition) is 5. The second kappa shape index (κ2) is 6.05. The molecule has 1 aromatic heterocycles. The van der Waals surface area contributed by atoms with Crippen LogP contribution in [-0.4, -0.2) is 29.5 Å². The quantitative estimate of drug-likeness (QED) is 0.857. The van der Waals surface area contributed by atoms with Gasteiger partial charge in [-0.3, -0.25) is 0 Å². The Labute approximate surface area is 117 Å². The maximum atomic E-state index is 5.75. The number of aromatic nitrogens is 2. The van der Waals surface area contributed by atoms with Crippen molar-refractivity contribution < 1.29 is 14.0 Å². The zero-order valence-corrected chi connectivity index (χ0v) is 11.5. The Kier molecular flexibility index (Phi) is 3.97. The van der Waals surface area contributed by atoms with Crippen molar-refractivity contribution in [2.75, 3.05) is 13.2 Å². The van der Waals surface area contributed by atoms with Crippen LogP contribution in [0.3, 0.4) is 0 Å². The lowest BCUT2D eigenvalue weighted by Gasteiger charge is -2.22. The lowest BCUT2D eigenvalue weighted by Crippen LogP contribution is -2.25. The molecular weight excluding hydrogens is 256 g/mol. The Bertz CT molecular complexity index is 545. The number of ether oxygens (including phenoxy) is 2.